The van der Waals surface area contributed by atoms with Crippen LogP contribution in [0.1, 0.15) is 23.7 Å². The van der Waals surface area contributed by atoms with Gasteiger partial charge in [0.05, 0.1) is 5.56 Å². The molecule has 1 aromatic rings. The Bertz CT molecular complexity index is 539. The summed E-state index contributed by atoms with van der Waals surface area (Å²) < 4.78 is 31.9. The topological polar surface area (TPSA) is 32.8 Å². The third-order valence-electron chi connectivity index (χ3n) is 4.06. The molecule has 0 saturated carbocycles. The molecule has 0 radical (unpaired) electrons. The third kappa shape index (κ3) is 4.97. The van der Waals surface area contributed by atoms with Gasteiger partial charge in [0, 0.05) is 46.0 Å². The molecule has 0 aromatic heterocycles. The highest BCUT2D eigenvalue weighted by molar-refractivity contribution is 5.94. The normalized spacial score (nSPS) is 17.8. The maximum atomic E-state index is 13.8. The molecular weight excluding hydrogens is 302 g/mol. The average molecular weight is 326 g/mol. The van der Waals surface area contributed by atoms with E-state index in [0.717, 1.165) is 38.2 Å². The number of halogens is 2. The standard InChI is InChI=1S/C17H24F2N2O2/c1-13(12-23-2)11-20-6-3-7-21(9-8-20)17(22)15-5-4-14(18)10-16(15)19/h4-5,10,13H,3,6-9,11-12H2,1-2H3/t13-/m0/s1. The molecule has 1 aliphatic rings. The van der Waals surface area contributed by atoms with Crippen molar-refractivity contribution < 1.29 is 18.3 Å². The van der Waals surface area contributed by atoms with Gasteiger partial charge in [0.25, 0.3) is 5.91 Å². The van der Waals surface area contributed by atoms with Crippen molar-refractivity contribution >= 4 is 5.91 Å². The fourth-order valence-corrected chi connectivity index (χ4v) is 2.97. The van der Waals surface area contributed by atoms with Gasteiger partial charge in [-0.3, -0.25) is 4.79 Å². The second-order valence-electron chi connectivity index (χ2n) is 6.13. The highest BCUT2D eigenvalue weighted by Crippen LogP contribution is 2.14. The van der Waals surface area contributed by atoms with Crippen LogP contribution >= 0.6 is 0 Å². The molecule has 0 unspecified atom stereocenters. The molecule has 128 valence electrons. The number of amides is 1. The molecule has 1 saturated heterocycles. The maximum absolute atomic E-state index is 13.8. The van der Waals surface area contributed by atoms with Crippen LogP contribution in [0.5, 0.6) is 0 Å². The van der Waals surface area contributed by atoms with Crippen LogP contribution in [0.2, 0.25) is 0 Å². The Morgan fingerprint density at radius 2 is 2.04 bits per heavy atom. The number of methoxy groups -OCH3 is 1. The lowest BCUT2D eigenvalue weighted by molar-refractivity contribution is 0.0753. The Balaban J connectivity index is 1.95. The number of carbonyl (C=O) groups is 1. The van der Waals surface area contributed by atoms with E-state index < -0.39 is 11.6 Å². The lowest BCUT2D eigenvalue weighted by atomic mass is 10.1. The van der Waals surface area contributed by atoms with Crippen molar-refractivity contribution in [1.82, 2.24) is 9.80 Å². The monoisotopic (exact) mass is 326 g/mol. The summed E-state index contributed by atoms with van der Waals surface area (Å²) in [7, 11) is 1.69. The van der Waals surface area contributed by atoms with Gasteiger partial charge >= 0.3 is 0 Å². The van der Waals surface area contributed by atoms with Crippen molar-refractivity contribution in [1.29, 1.82) is 0 Å². The maximum Gasteiger partial charge on any atom is 0.256 e. The summed E-state index contributed by atoms with van der Waals surface area (Å²) in [5.41, 5.74) is -0.0624. The number of hydrogen-bond acceptors (Lipinski definition) is 3. The quantitative estimate of drug-likeness (QED) is 0.833. The summed E-state index contributed by atoms with van der Waals surface area (Å²) in [6.45, 7) is 6.55. The van der Waals surface area contributed by atoms with Crippen LogP contribution in [0.3, 0.4) is 0 Å². The van der Waals surface area contributed by atoms with Gasteiger partial charge in [0.1, 0.15) is 11.6 Å². The fraction of sp³-hybridized carbons (Fsp3) is 0.588. The fourth-order valence-electron chi connectivity index (χ4n) is 2.97. The van der Waals surface area contributed by atoms with E-state index in [1.54, 1.807) is 12.0 Å². The molecule has 23 heavy (non-hydrogen) atoms. The van der Waals surface area contributed by atoms with E-state index in [4.69, 9.17) is 4.74 Å². The first kappa shape index (κ1) is 17.8. The van der Waals surface area contributed by atoms with E-state index in [1.165, 1.54) is 6.07 Å². The van der Waals surface area contributed by atoms with Gasteiger partial charge in [-0.25, -0.2) is 8.78 Å². The van der Waals surface area contributed by atoms with Gasteiger partial charge in [-0.15, -0.1) is 0 Å². The van der Waals surface area contributed by atoms with Crippen molar-refractivity contribution in [2.45, 2.75) is 13.3 Å². The van der Waals surface area contributed by atoms with Crippen molar-refractivity contribution in [2.24, 2.45) is 5.92 Å². The first-order valence-corrected chi connectivity index (χ1v) is 7.97. The van der Waals surface area contributed by atoms with Gasteiger partial charge in [-0.1, -0.05) is 6.92 Å². The van der Waals surface area contributed by atoms with E-state index in [1.807, 2.05) is 0 Å². The highest BCUT2D eigenvalue weighted by atomic mass is 19.1. The summed E-state index contributed by atoms with van der Waals surface area (Å²) in [6, 6.07) is 3.09. The number of carbonyl (C=O) groups excluding carboxylic acids is 1. The van der Waals surface area contributed by atoms with Gasteiger partial charge in [-0.05, 0) is 31.0 Å². The predicted molar refractivity (Wildman–Crippen MR) is 84.4 cm³/mol. The first-order chi connectivity index (χ1) is 11.0. The molecule has 1 heterocycles. The number of hydrogen-bond donors (Lipinski definition) is 0. The van der Waals surface area contributed by atoms with E-state index in [0.29, 0.717) is 25.6 Å². The molecule has 0 bridgehead atoms. The molecule has 0 spiro atoms. The number of nitrogens with zero attached hydrogens (tertiary/aromatic N) is 2. The Morgan fingerprint density at radius 1 is 1.26 bits per heavy atom. The summed E-state index contributed by atoms with van der Waals surface area (Å²) in [5.74, 6) is -1.41. The van der Waals surface area contributed by atoms with Crippen molar-refractivity contribution in [3.8, 4) is 0 Å². The van der Waals surface area contributed by atoms with Gasteiger partial charge < -0.3 is 14.5 Å². The van der Waals surface area contributed by atoms with E-state index in [-0.39, 0.29) is 11.5 Å². The largest absolute Gasteiger partial charge is 0.384 e. The minimum absolute atomic E-state index is 0.0624. The molecule has 1 amide bonds. The van der Waals surface area contributed by atoms with Gasteiger partial charge in [0.2, 0.25) is 0 Å². The minimum Gasteiger partial charge on any atom is -0.384 e. The zero-order valence-corrected chi connectivity index (χ0v) is 13.7. The molecule has 1 fully saturated rings. The van der Waals surface area contributed by atoms with Crippen molar-refractivity contribution in [3.05, 3.63) is 35.4 Å². The second-order valence-corrected chi connectivity index (χ2v) is 6.13. The zero-order chi connectivity index (χ0) is 16.8. The second kappa shape index (κ2) is 8.36. The lowest BCUT2D eigenvalue weighted by Crippen LogP contribution is -2.37. The zero-order valence-electron chi connectivity index (χ0n) is 13.7. The smallest absolute Gasteiger partial charge is 0.256 e. The van der Waals surface area contributed by atoms with E-state index in [2.05, 4.69) is 11.8 Å². The van der Waals surface area contributed by atoms with Crippen LogP contribution in [0.4, 0.5) is 8.78 Å². The molecule has 4 nitrogen and oxygen atoms in total. The van der Waals surface area contributed by atoms with Crippen LogP contribution in [-0.2, 0) is 4.74 Å². The van der Waals surface area contributed by atoms with Gasteiger partial charge in [-0.2, -0.15) is 0 Å². The highest BCUT2D eigenvalue weighted by Gasteiger charge is 2.23. The SMILES string of the molecule is COC[C@@H](C)CN1CCCN(C(=O)c2ccc(F)cc2F)CC1. The minimum atomic E-state index is -0.801. The number of ether oxygens (including phenoxy) is 1. The Hall–Kier alpha value is -1.53. The van der Waals surface area contributed by atoms with Crippen LogP contribution in [0, 0.1) is 17.6 Å². The Labute approximate surface area is 136 Å². The van der Waals surface area contributed by atoms with E-state index in [9.17, 15) is 13.6 Å². The molecule has 1 atom stereocenters. The van der Waals surface area contributed by atoms with Crippen LogP contribution in [0.25, 0.3) is 0 Å². The summed E-state index contributed by atoms with van der Waals surface area (Å²) >= 11 is 0. The summed E-state index contributed by atoms with van der Waals surface area (Å²) in [6.07, 6.45) is 0.842. The van der Waals surface area contributed by atoms with Crippen LogP contribution in [0.15, 0.2) is 18.2 Å². The Morgan fingerprint density at radius 3 is 2.74 bits per heavy atom. The Kier molecular flexibility index (Phi) is 6.47. The number of rotatable bonds is 5. The summed E-state index contributed by atoms with van der Waals surface area (Å²) in [4.78, 5) is 16.4. The first-order valence-electron chi connectivity index (χ1n) is 7.97. The molecule has 2 rings (SSSR count). The van der Waals surface area contributed by atoms with Crippen molar-refractivity contribution in [3.63, 3.8) is 0 Å². The van der Waals surface area contributed by atoms with Crippen LogP contribution in [-0.4, -0.2) is 62.1 Å². The molecular formula is C17H24F2N2O2. The molecule has 1 aromatic carbocycles. The average Bonchev–Trinajstić information content (AvgIpc) is 2.72. The summed E-state index contributed by atoms with van der Waals surface area (Å²) in [5, 5.41) is 0. The lowest BCUT2D eigenvalue weighted by Gasteiger charge is -2.24. The van der Waals surface area contributed by atoms with Gasteiger partial charge in [0.15, 0.2) is 0 Å². The van der Waals surface area contributed by atoms with Crippen molar-refractivity contribution in [2.75, 3.05) is 46.4 Å². The molecule has 0 N–H and O–H groups in total. The molecule has 0 aliphatic carbocycles. The third-order valence-corrected chi connectivity index (χ3v) is 4.06. The molecule has 1 aliphatic heterocycles. The molecule has 6 heteroatoms. The van der Waals surface area contributed by atoms with Crippen LogP contribution < -0.4 is 0 Å². The number of benzene rings is 1. The van der Waals surface area contributed by atoms with E-state index >= 15 is 0 Å². The predicted octanol–water partition coefficient (Wildman–Crippen LogP) is 2.40.